The number of carbonyl (C=O) groups is 2. The Balaban J connectivity index is 1.85. The van der Waals surface area contributed by atoms with Crippen molar-refractivity contribution in [3.05, 3.63) is 68.4 Å². The highest BCUT2D eigenvalue weighted by Gasteiger charge is 2.33. The standard InChI is InChI=1S/C18H14F4N2O3/c19-10-5-4-9(13(6-10)18(20,21)22)8-23-16(26)12-7-11-14(24-17(12)27)2-1-3-15(11)25/h4-7H,1-3,8H2,(H,23,26)(H,24,27). The number of pyridine rings is 1. The Labute approximate surface area is 150 Å². The summed E-state index contributed by atoms with van der Waals surface area (Å²) in [6.45, 7) is -0.557. The summed E-state index contributed by atoms with van der Waals surface area (Å²) >= 11 is 0. The minimum atomic E-state index is -4.79. The summed E-state index contributed by atoms with van der Waals surface area (Å²) in [5.74, 6) is -2.18. The molecular formula is C18H14F4N2O3. The molecule has 1 amide bonds. The SMILES string of the molecule is O=C1CCCc2[nH]c(=O)c(C(=O)NCc3ccc(F)cc3C(F)(F)F)cc21. The third-order valence-corrected chi connectivity index (χ3v) is 4.32. The monoisotopic (exact) mass is 382 g/mol. The second-order valence-electron chi connectivity index (χ2n) is 6.16. The maximum atomic E-state index is 13.1. The van der Waals surface area contributed by atoms with Crippen molar-refractivity contribution in [1.29, 1.82) is 0 Å². The van der Waals surface area contributed by atoms with Crippen LogP contribution in [-0.2, 0) is 19.1 Å². The maximum absolute atomic E-state index is 13.1. The highest BCUT2D eigenvalue weighted by Crippen LogP contribution is 2.32. The zero-order chi connectivity index (χ0) is 19.8. The first-order chi connectivity index (χ1) is 12.7. The Kier molecular flexibility index (Phi) is 4.86. The van der Waals surface area contributed by atoms with E-state index in [9.17, 15) is 31.9 Å². The van der Waals surface area contributed by atoms with E-state index in [0.717, 1.165) is 12.1 Å². The van der Waals surface area contributed by atoms with Crippen molar-refractivity contribution in [1.82, 2.24) is 10.3 Å². The van der Waals surface area contributed by atoms with Crippen LogP contribution in [0.25, 0.3) is 0 Å². The molecule has 1 aromatic heterocycles. The largest absolute Gasteiger partial charge is 0.416 e. The molecule has 1 heterocycles. The minimum absolute atomic E-state index is 0.209. The number of aromatic amines is 1. The number of aromatic nitrogens is 1. The Morgan fingerprint density at radius 2 is 1.89 bits per heavy atom. The van der Waals surface area contributed by atoms with E-state index in [2.05, 4.69) is 10.3 Å². The van der Waals surface area contributed by atoms with Crippen LogP contribution >= 0.6 is 0 Å². The summed E-state index contributed by atoms with van der Waals surface area (Å²) < 4.78 is 52.1. The fraction of sp³-hybridized carbons (Fsp3) is 0.278. The van der Waals surface area contributed by atoms with E-state index in [0.29, 0.717) is 31.0 Å². The average molecular weight is 382 g/mol. The summed E-state index contributed by atoms with van der Waals surface area (Å²) in [4.78, 5) is 38.7. The zero-order valence-electron chi connectivity index (χ0n) is 13.9. The van der Waals surface area contributed by atoms with E-state index in [-0.39, 0.29) is 22.5 Å². The molecule has 3 rings (SSSR count). The van der Waals surface area contributed by atoms with Crippen molar-refractivity contribution in [3.8, 4) is 0 Å². The highest BCUT2D eigenvalue weighted by molar-refractivity contribution is 6.01. The summed E-state index contributed by atoms with van der Waals surface area (Å²) in [7, 11) is 0. The van der Waals surface area contributed by atoms with Crippen molar-refractivity contribution in [2.24, 2.45) is 0 Å². The second-order valence-corrected chi connectivity index (χ2v) is 6.16. The molecule has 27 heavy (non-hydrogen) atoms. The molecule has 1 aliphatic carbocycles. The van der Waals surface area contributed by atoms with E-state index in [4.69, 9.17) is 0 Å². The fourth-order valence-electron chi connectivity index (χ4n) is 2.98. The van der Waals surface area contributed by atoms with Gasteiger partial charge >= 0.3 is 6.18 Å². The fourth-order valence-corrected chi connectivity index (χ4v) is 2.98. The number of ketones is 1. The molecule has 0 saturated heterocycles. The Morgan fingerprint density at radius 3 is 2.59 bits per heavy atom. The van der Waals surface area contributed by atoms with Crippen LogP contribution in [-0.4, -0.2) is 16.7 Å². The van der Waals surface area contributed by atoms with Crippen LogP contribution in [0.5, 0.6) is 0 Å². The summed E-state index contributed by atoms with van der Waals surface area (Å²) in [6, 6.07) is 3.27. The summed E-state index contributed by atoms with van der Waals surface area (Å²) in [5, 5.41) is 2.22. The molecule has 0 atom stereocenters. The van der Waals surface area contributed by atoms with Gasteiger partial charge in [0.1, 0.15) is 11.4 Å². The highest BCUT2D eigenvalue weighted by atomic mass is 19.4. The molecule has 2 aromatic rings. The first-order valence-corrected chi connectivity index (χ1v) is 8.10. The number of amides is 1. The Hall–Kier alpha value is -2.97. The van der Waals surface area contributed by atoms with E-state index >= 15 is 0 Å². The number of aryl methyl sites for hydroxylation is 1. The molecule has 0 radical (unpaired) electrons. The van der Waals surface area contributed by atoms with Crippen molar-refractivity contribution in [2.75, 3.05) is 0 Å². The average Bonchev–Trinajstić information content (AvgIpc) is 2.59. The quantitative estimate of drug-likeness (QED) is 0.801. The molecule has 0 fully saturated rings. The topological polar surface area (TPSA) is 79.0 Å². The molecule has 0 unspecified atom stereocenters. The lowest BCUT2D eigenvalue weighted by molar-refractivity contribution is -0.138. The van der Waals surface area contributed by atoms with Gasteiger partial charge in [0.2, 0.25) is 0 Å². The van der Waals surface area contributed by atoms with Gasteiger partial charge in [-0.25, -0.2) is 4.39 Å². The summed E-state index contributed by atoms with van der Waals surface area (Å²) in [6.07, 6.45) is -3.40. The molecule has 1 aromatic carbocycles. The van der Waals surface area contributed by atoms with Gasteiger partial charge in [0.25, 0.3) is 11.5 Å². The molecule has 5 nitrogen and oxygen atoms in total. The molecule has 2 N–H and O–H groups in total. The van der Waals surface area contributed by atoms with Crippen LogP contribution in [0.15, 0.2) is 29.1 Å². The normalized spacial score (nSPS) is 14.0. The number of halogens is 4. The lowest BCUT2D eigenvalue weighted by Gasteiger charge is -2.16. The number of benzene rings is 1. The molecule has 1 aliphatic rings. The van der Waals surface area contributed by atoms with E-state index < -0.39 is 35.6 Å². The Morgan fingerprint density at radius 1 is 1.15 bits per heavy atom. The van der Waals surface area contributed by atoms with Crippen LogP contribution in [0.3, 0.4) is 0 Å². The zero-order valence-corrected chi connectivity index (χ0v) is 13.9. The third-order valence-electron chi connectivity index (χ3n) is 4.32. The van der Waals surface area contributed by atoms with Gasteiger partial charge in [0, 0.05) is 24.2 Å². The van der Waals surface area contributed by atoms with Gasteiger partial charge in [0.05, 0.1) is 5.56 Å². The van der Waals surface area contributed by atoms with Gasteiger partial charge in [-0.05, 0) is 36.6 Å². The van der Waals surface area contributed by atoms with Crippen LogP contribution in [0, 0.1) is 5.82 Å². The number of nitrogens with one attached hydrogen (secondary N) is 2. The van der Waals surface area contributed by atoms with E-state index in [1.807, 2.05) is 0 Å². The number of rotatable bonds is 3. The van der Waals surface area contributed by atoms with Gasteiger partial charge in [-0.3, -0.25) is 14.4 Å². The molecule has 0 bridgehead atoms. The lowest BCUT2D eigenvalue weighted by atomic mass is 9.93. The molecule has 9 heteroatoms. The number of carbonyl (C=O) groups excluding carboxylic acids is 2. The van der Waals surface area contributed by atoms with Crippen molar-refractivity contribution >= 4 is 11.7 Å². The van der Waals surface area contributed by atoms with Crippen LogP contribution in [0.4, 0.5) is 17.6 Å². The molecule has 0 spiro atoms. The van der Waals surface area contributed by atoms with Crippen molar-refractivity contribution < 1.29 is 27.2 Å². The molecular weight excluding hydrogens is 368 g/mol. The number of Topliss-reactive ketones (excluding diaryl/α,β-unsaturated/α-hetero) is 1. The number of hydrogen-bond donors (Lipinski definition) is 2. The number of alkyl halides is 3. The van der Waals surface area contributed by atoms with Crippen LogP contribution in [0.2, 0.25) is 0 Å². The minimum Gasteiger partial charge on any atom is -0.348 e. The second kappa shape index (κ2) is 6.98. The van der Waals surface area contributed by atoms with Crippen LogP contribution in [0.1, 0.15) is 50.4 Å². The van der Waals surface area contributed by atoms with Gasteiger partial charge in [-0.1, -0.05) is 6.07 Å². The van der Waals surface area contributed by atoms with Gasteiger partial charge < -0.3 is 10.3 Å². The van der Waals surface area contributed by atoms with Gasteiger partial charge in [0.15, 0.2) is 5.78 Å². The predicted molar refractivity (Wildman–Crippen MR) is 86.9 cm³/mol. The van der Waals surface area contributed by atoms with Crippen LogP contribution < -0.4 is 10.9 Å². The lowest BCUT2D eigenvalue weighted by Crippen LogP contribution is -2.32. The third kappa shape index (κ3) is 3.91. The number of fused-ring (bicyclic) bond motifs is 1. The Bertz CT molecular complexity index is 980. The van der Waals surface area contributed by atoms with E-state index in [1.165, 1.54) is 6.07 Å². The smallest absolute Gasteiger partial charge is 0.348 e. The van der Waals surface area contributed by atoms with Crippen molar-refractivity contribution in [3.63, 3.8) is 0 Å². The van der Waals surface area contributed by atoms with Gasteiger partial charge in [-0.15, -0.1) is 0 Å². The maximum Gasteiger partial charge on any atom is 0.416 e. The van der Waals surface area contributed by atoms with E-state index in [1.54, 1.807) is 0 Å². The van der Waals surface area contributed by atoms with Gasteiger partial charge in [-0.2, -0.15) is 13.2 Å². The molecule has 142 valence electrons. The first-order valence-electron chi connectivity index (χ1n) is 8.10. The molecule has 0 saturated carbocycles. The predicted octanol–water partition coefficient (Wildman–Crippen LogP) is 2.98. The number of hydrogen-bond acceptors (Lipinski definition) is 3. The summed E-state index contributed by atoms with van der Waals surface area (Å²) in [5.41, 5.74) is -1.95. The molecule has 0 aliphatic heterocycles. The first kappa shape index (κ1) is 18.8. The number of H-pyrrole nitrogens is 1. The van der Waals surface area contributed by atoms with Crippen molar-refractivity contribution in [2.45, 2.75) is 32.0 Å².